The molecule has 0 aliphatic rings. The minimum atomic E-state index is -0.428. The van der Waals surface area contributed by atoms with Crippen molar-refractivity contribution >= 4 is 11.9 Å². The van der Waals surface area contributed by atoms with Crippen LogP contribution in [0, 0.1) is 13.8 Å². The quantitative estimate of drug-likeness (QED) is 0.763. The second-order valence-electron chi connectivity index (χ2n) is 3.88. The largest absolute Gasteiger partial charge is 0.465 e. The van der Waals surface area contributed by atoms with E-state index in [2.05, 4.69) is 10.5 Å². The summed E-state index contributed by atoms with van der Waals surface area (Å²) in [6.07, 6.45) is 0.845. The number of ether oxygens (including phenoxy) is 1. The zero-order chi connectivity index (χ0) is 13.5. The zero-order valence-electron chi connectivity index (χ0n) is 10.9. The normalized spacial score (nSPS) is 10.2. The van der Waals surface area contributed by atoms with Crippen LogP contribution in [0.3, 0.4) is 0 Å². The highest BCUT2D eigenvalue weighted by Gasteiger charge is 2.11. The maximum Gasteiger partial charge on any atom is 0.325 e. The number of aryl methyl sites for hydroxylation is 2. The molecule has 0 aromatic carbocycles. The van der Waals surface area contributed by atoms with E-state index in [0.717, 1.165) is 17.0 Å². The molecule has 1 heterocycles. The molecule has 0 saturated carbocycles. The highest BCUT2D eigenvalue weighted by atomic mass is 16.5. The fourth-order valence-electron chi connectivity index (χ4n) is 1.57. The molecule has 6 nitrogen and oxygen atoms in total. The zero-order valence-corrected chi connectivity index (χ0v) is 10.9. The number of amides is 1. The van der Waals surface area contributed by atoms with Crippen LogP contribution in [0.15, 0.2) is 4.52 Å². The Bertz CT molecular complexity index is 406. The summed E-state index contributed by atoms with van der Waals surface area (Å²) in [5.74, 6) is 0.108. The van der Waals surface area contributed by atoms with E-state index >= 15 is 0 Å². The van der Waals surface area contributed by atoms with Crippen molar-refractivity contribution in [1.82, 2.24) is 10.5 Å². The summed E-state index contributed by atoms with van der Waals surface area (Å²) in [5.41, 5.74) is 1.74. The van der Waals surface area contributed by atoms with Gasteiger partial charge >= 0.3 is 5.97 Å². The molecule has 1 N–H and O–H groups in total. The van der Waals surface area contributed by atoms with Gasteiger partial charge in [0.05, 0.1) is 12.3 Å². The Morgan fingerprint density at radius 1 is 1.39 bits per heavy atom. The lowest BCUT2D eigenvalue weighted by atomic mass is 10.1. The molecule has 0 fully saturated rings. The van der Waals surface area contributed by atoms with Gasteiger partial charge in [-0.25, -0.2) is 0 Å². The van der Waals surface area contributed by atoms with Crippen LogP contribution < -0.4 is 5.32 Å². The molecule has 18 heavy (non-hydrogen) atoms. The van der Waals surface area contributed by atoms with Gasteiger partial charge in [0.15, 0.2) is 0 Å². The predicted octanol–water partition coefficient (Wildman–Crippen LogP) is 0.903. The third-order valence-electron chi connectivity index (χ3n) is 2.52. The van der Waals surface area contributed by atoms with Crippen LogP contribution in [-0.4, -0.2) is 30.2 Å². The SMILES string of the molecule is CCOC(=O)CNC(=O)CCc1c(C)noc1C. The molecule has 0 unspecified atom stereocenters. The van der Waals surface area contributed by atoms with E-state index in [-0.39, 0.29) is 12.5 Å². The summed E-state index contributed by atoms with van der Waals surface area (Å²) in [6, 6.07) is 0. The highest BCUT2D eigenvalue weighted by Crippen LogP contribution is 2.13. The van der Waals surface area contributed by atoms with Gasteiger partial charge in [0.2, 0.25) is 5.91 Å². The molecule has 0 spiro atoms. The van der Waals surface area contributed by atoms with Crippen molar-refractivity contribution in [1.29, 1.82) is 0 Å². The molecule has 1 aromatic heterocycles. The smallest absolute Gasteiger partial charge is 0.325 e. The van der Waals surface area contributed by atoms with Crippen LogP contribution >= 0.6 is 0 Å². The van der Waals surface area contributed by atoms with Gasteiger partial charge in [-0.1, -0.05) is 5.16 Å². The molecule has 1 aromatic rings. The number of rotatable bonds is 6. The first-order chi connectivity index (χ1) is 8.54. The van der Waals surface area contributed by atoms with Gasteiger partial charge in [0.25, 0.3) is 0 Å². The number of esters is 1. The Morgan fingerprint density at radius 2 is 2.11 bits per heavy atom. The first-order valence-corrected chi connectivity index (χ1v) is 5.88. The number of carbonyl (C=O) groups is 2. The molecule has 0 saturated heterocycles. The maximum atomic E-state index is 11.5. The summed E-state index contributed by atoms with van der Waals surface area (Å²) in [4.78, 5) is 22.5. The monoisotopic (exact) mass is 254 g/mol. The third kappa shape index (κ3) is 4.20. The summed E-state index contributed by atoms with van der Waals surface area (Å²) >= 11 is 0. The van der Waals surface area contributed by atoms with E-state index < -0.39 is 5.97 Å². The lowest BCUT2D eigenvalue weighted by Crippen LogP contribution is -2.30. The molecule has 0 radical (unpaired) electrons. The molecule has 1 rings (SSSR count). The van der Waals surface area contributed by atoms with Crippen molar-refractivity contribution in [3.63, 3.8) is 0 Å². The molecule has 100 valence electrons. The predicted molar refractivity (Wildman–Crippen MR) is 63.9 cm³/mol. The van der Waals surface area contributed by atoms with Gasteiger partial charge in [0.1, 0.15) is 12.3 Å². The van der Waals surface area contributed by atoms with E-state index in [1.165, 1.54) is 0 Å². The Balaban J connectivity index is 2.31. The van der Waals surface area contributed by atoms with Crippen molar-refractivity contribution in [2.75, 3.05) is 13.2 Å². The number of aromatic nitrogens is 1. The standard InChI is InChI=1S/C12H18N2O4/c1-4-17-12(16)7-13-11(15)6-5-10-8(2)14-18-9(10)3/h4-7H2,1-3H3,(H,13,15). The molecule has 6 heteroatoms. The number of hydrogen-bond donors (Lipinski definition) is 1. The highest BCUT2D eigenvalue weighted by molar-refractivity contribution is 5.82. The fraction of sp³-hybridized carbons (Fsp3) is 0.583. The summed E-state index contributed by atoms with van der Waals surface area (Å²) in [6.45, 7) is 5.59. The molecule has 0 aliphatic carbocycles. The fourth-order valence-corrected chi connectivity index (χ4v) is 1.57. The Kier molecular flexibility index (Phi) is 5.35. The Labute approximate surface area is 106 Å². The van der Waals surface area contributed by atoms with Crippen LogP contribution in [0.4, 0.5) is 0 Å². The Hall–Kier alpha value is -1.85. The Morgan fingerprint density at radius 3 is 2.67 bits per heavy atom. The van der Waals surface area contributed by atoms with Gasteiger partial charge in [-0.15, -0.1) is 0 Å². The van der Waals surface area contributed by atoms with Gasteiger partial charge in [0, 0.05) is 12.0 Å². The average molecular weight is 254 g/mol. The van der Waals surface area contributed by atoms with Crippen LogP contribution in [-0.2, 0) is 20.7 Å². The van der Waals surface area contributed by atoms with Crippen LogP contribution in [0.2, 0.25) is 0 Å². The van der Waals surface area contributed by atoms with Crippen LogP contribution in [0.5, 0.6) is 0 Å². The topological polar surface area (TPSA) is 81.4 Å². The van der Waals surface area contributed by atoms with Gasteiger partial charge in [-0.2, -0.15) is 0 Å². The van der Waals surface area contributed by atoms with Gasteiger partial charge in [-0.3, -0.25) is 9.59 Å². The van der Waals surface area contributed by atoms with E-state index in [1.807, 2.05) is 13.8 Å². The summed E-state index contributed by atoms with van der Waals surface area (Å²) in [5, 5.41) is 6.32. The lowest BCUT2D eigenvalue weighted by molar-refractivity contribution is -0.143. The first-order valence-electron chi connectivity index (χ1n) is 5.88. The summed E-state index contributed by atoms with van der Waals surface area (Å²) in [7, 11) is 0. The molecule has 0 bridgehead atoms. The van der Waals surface area contributed by atoms with Crippen molar-refractivity contribution in [3.05, 3.63) is 17.0 Å². The number of nitrogens with one attached hydrogen (secondary N) is 1. The minimum Gasteiger partial charge on any atom is -0.465 e. The van der Waals surface area contributed by atoms with E-state index in [4.69, 9.17) is 9.26 Å². The van der Waals surface area contributed by atoms with Gasteiger partial charge < -0.3 is 14.6 Å². The molecule has 1 amide bonds. The lowest BCUT2D eigenvalue weighted by Gasteiger charge is -2.04. The molecular formula is C12H18N2O4. The second kappa shape index (κ2) is 6.78. The molecular weight excluding hydrogens is 236 g/mol. The number of hydrogen-bond acceptors (Lipinski definition) is 5. The molecule has 0 atom stereocenters. The van der Waals surface area contributed by atoms with E-state index in [1.54, 1.807) is 6.92 Å². The molecule has 0 aliphatic heterocycles. The third-order valence-corrected chi connectivity index (χ3v) is 2.52. The maximum absolute atomic E-state index is 11.5. The first kappa shape index (κ1) is 14.2. The van der Waals surface area contributed by atoms with Crippen molar-refractivity contribution < 1.29 is 18.8 Å². The van der Waals surface area contributed by atoms with Gasteiger partial charge in [-0.05, 0) is 27.2 Å². The number of nitrogens with zero attached hydrogens (tertiary/aromatic N) is 1. The van der Waals surface area contributed by atoms with Crippen molar-refractivity contribution in [3.8, 4) is 0 Å². The van der Waals surface area contributed by atoms with Crippen LogP contribution in [0.1, 0.15) is 30.4 Å². The number of carbonyl (C=O) groups excluding carboxylic acids is 2. The van der Waals surface area contributed by atoms with Crippen LogP contribution in [0.25, 0.3) is 0 Å². The average Bonchev–Trinajstić information content (AvgIpc) is 2.64. The van der Waals surface area contributed by atoms with E-state index in [0.29, 0.717) is 19.4 Å². The van der Waals surface area contributed by atoms with Crippen molar-refractivity contribution in [2.45, 2.75) is 33.6 Å². The van der Waals surface area contributed by atoms with Crippen molar-refractivity contribution in [2.24, 2.45) is 0 Å². The summed E-state index contributed by atoms with van der Waals surface area (Å²) < 4.78 is 9.70. The second-order valence-corrected chi connectivity index (χ2v) is 3.88. The van der Waals surface area contributed by atoms with E-state index in [9.17, 15) is 9.59 Å². The minimum absolute atomic E-state index is 0.0890.